The molecule has 0 spiro atoms. The fourth-order valence-corrected chi connectivity index (χ4v) is 1.42. The number of aromatic nitrogens is 2. The van der Waals surface area contributed by atoms with Gasteiger partial charge in [-0.25, -0.2) is 9.37 Å². The molecular weight excluding hydrogens is 223 g/mol. The summed E-state index contributed by atoms with van der Waals surface area (Å²) in [4.78, 5) is 26.8. The number of benzene rings is 1. The Labute approximate surface area is 96.4 Å². The second-order valence-corrected chi connectivity index (χ2v) is 3.45. The molecule has 0 atom stereocenters. The fourth-order valence-electron chi connectivity index (χ4n) is 1.42. The Morgan fingerprint density at radius 2 is 2.06 bits per heavy atom. The second-order valence-electron chi connectivity index (χ2n) is 3.45. The Bertz CT molecular complexity index is 607. The third-order valence-electron chi connectivity index (χ3n) is 2.28. The molecule has 0 saturated carbocycles. The third-order valence-corrected chi connectivity index (χ3v) is 2.28. The van der Waals surface area contributed by atoms with Crippen LogP contribution in [0.25, 0.3) is 0 Å². The van der Waals surface area contributed by atoms with Crippen LogP contribution in [0.1, 0.15) is 10.4 Å². The van der Waals surface area contributed by atoms with E-state index >= 15 is 0 Å². The quantitative estimate of drug-likeness (QED) is 0.749. The van der Waals surface area contributed by atoms with Gasteiger partial charge in [-0.3, -0.25) is 14.2 Å². The number of hydrogen-bond donors (Lipinski definition) is 0. The highest BCUT2D eigenvalue weighted by Gasteiger charge is 2.11. The van der Waals surface area contributed by atoms with Crippen molar-refractivity contribution in [1.29, 1.82) is 0 Å². The highest BCUT2D eigenvalue weighted by molar-refractivity contribution is 5.96. The van der Waals surface area contributed by atoms with E-state index in [1.165, 1.54) is 36.8 Å². The average molecular weight is 232 g/mol. The maximum absolute atomic E-state index is 13.3. The monoisotopic (exact) mass is 232 g/mol. The van der Waals surface area contributed by atoms with Gasteiger partial charge in [-0.2, -0.15) is 0 Å². The lowest BCUT2D eigenvalue weighted by Gasteiger charge is -2.04. The van der Waals surface area contributed by atoms with Crippen LogP contribution in [-0.2, 0) is 6.54 Å². The summed E-state index contributed by atoms with van der Waals surface area (Å²) in [5.74, 6) is -1.05. The first kappa shape index (κ1) is 11.2. The van der Waals surface area contributed by atoms with Gasteiger partial charge in [-0.1, -0.05) is 12.1 Å². The second kappa shape index (κ2) is 4.69. The molecule has 4 nitrogen and oxygen atoms in total. The molecule has 0 amide bonds. The van der Waals surface area contributed by atoms with Crippen molar-refractivity contribution < 1.29 is 9.18 Å². The summed E-state index contributed by atoms with van der Waals surface area (Å²) < 4.78 is 14.5. The molecule has 0 aliphatic carbocycles. The van der Waals surface area contributed by atoms with Gasteiger partial charge in [0, 0.05) is 12.3 Å². The predicted molar refractivity (Wildman–Crippen MR) is 59.2 cm³/mol. The van der Waals surface area contributed by atoms with E-state index in [0.29, 0.717) is 0 Å². The summed E-state index contributed by atoms with van der Waals surface area (Å²) in [5.41, 5.74) is -0.368. The van der Waals surface area contributed by atoms with Crippen LogP contribution >= 0.6 is 0 Å². The van der Waals surface area contributed by atoms with Crippen molar-refractivity contribution in [3.63, 3.8) is 0 Å². The van der Waals surface area contributed by atoms with Gasteiger partial charge in [-0.15, -0.1) is 0 Å². The van der Waals surface area contributed by atoms with Crippen LogP contribution in [0.3, 0.4) is 0 Å². The maximum atomic E-state index is 13.3. The van der Waals surface area contributed by atoms with Crippen molar-refractivity contribution in [2.45, 2.75) is 6.54 Å². The molecule has 0 N–H and O–H groups in total. The number of ketones is 1. The minimum absolute atomic E-state index is 0.0248. The van der Waals surface area contributed by atoms with E-state index in [1.807, 2.05) is 0 Å². The van der Waals surface area contributed by atoms with Gasteiger partial charge >= 0.3 is 0 Å². The van der Waals surface area contributed by atoms with Crippen molar-refractivity contribution in [2.75, 3.05) is 0 Å². The Hall–Kier alpha value is -2.30. The molecule has 2 aromatic rings. The number of hydrogen-bond acceptors (Lipinski definition) is 3. The molecule has 0 bridgehead atoms. The lowest BCUT2D eigenvalue weighted by atomic mass is 10.1. The minimum Gasteiger partial charge on any atom is -0.292 e. The first-order chi connectivity index (χ1) is 8.18. The molecular formula is C12H9FN2O2. The lowest BCUT2D eigenvalue weighted by Crippen LogP contribution is -2.23. The summed E-state index contributed by atoms with van der Waals surface area (Å²) in [6, 6.07) is 6.91. The molecule has 0 fully saturated rings. The SMILES string of the molecule is O=C(Cn1cnccc1=O)c1ccccc1F. The Morgan fingerprint density at radius 1 is 1.29 bits per heavy atom. The molecule has 17 heavy (non-hydrogen) atoms. The summed E-state index contributed by atoms with van der Waals surface area (Å²) in [7, 11) is 0. The topological polar surface area (TPSA) is 52.0 Å². The van der Waals surface area contributed by atoms with Crippen molar-refractivity contribution in [3.8, 4) is 0 Å². The molecule has 0 radical (unpaired) electrons. The Morgan fingerprint density at radius 3 is 2.76 bits per heavy atom. The third kappa shape index (κ3) is 2.44. The number of Topliss-reactive ketones (excluding diaryl/α,β-unsaturated/α-hetero) is 1. The van der Waals surface area contributed by atoms with Crippen LogP contribution in [0.15, 0.2) is 47.7 Å². The zero-order valence-corrected chi connectivity index (χ0v) is 8.84. The maximum Gasteiger partial charge on any atom is 0.253 e. The highest BCUT2D eigenvalue weighted by atomic mass is 19.1. The first-order valence-electron chi connectivity index (χ1n) is 4.96. The Kier molecular flexibility index (Phi) is 3.09. The van der Waals surface area contributed by atoms with Crippen molar-refractivity contribution >= 4 is 5.78 Å². The van der Waals surface area contributed by atoms with Crippen LogP contribution in [0, 0.1) is 5.82 Å². The zero-order valence-electron chi connectivity index (χ0n) is 8.84. The molecule has 0 saturated heterocycles. The molecule has 1 aromatic carbocycles. The van der Waals surface area contributed by atoms with Crippen molar-refractivity contribution in [2.24, 2.45) is 0 Å². The zero-order chi connectivity index (χ0) is 12.3. The normalized spacial score (nSPS) is 10.2. The minimum atomic E-state index is -0.588. The van der Waals surface area contributed by atoms with Crippen LogP contribution < -0.4 is 5.56 Å². The standard InChI is InChI=1S/C12H9FN2O2/c13-10-4-2-1-3-9(10)11(16)7-15-8-14-6-5-12(15)17/h1-6,8H,7H2. The summed E-state index contributed by atoms with van der Waals surface area (Å²) in [6.45, 7) is -0.215. The summed E-state index contributed by atoms with van der Waals surface area (Å²) >= 11 is 0. The molecule has 0 unspecified atom stereocenters. The van der Waals surface area contributed by atoms with Crippen LogP contribution in [0.5, 0.6) is 0 Å². The van der Waals surface area contributed by atoms with Crippen molar-refractivity contribution in [3.05, 3.63) is 64.6 Å². The van der Waals surface area contributed by atoms with Gasteiger partial charge in [0.2, 0.25) is 0 Å². The van der Waals surface area contributed by atoms with E-state index in [-0.39, 0.29) is 17.7 Å². The lowest BCUT2D eigenvalue weighted by molar-refractivity contribution is 0.0966. The van der Waals surface area contributed by atoms with E-state index in [9.17, 15) is 14.0 Å². The summed E-state index contributed by atoms with van der Waals surface area (Å²) in [5, 5.41) is 0. The van der Waals surface area contributed by atoms with Gasteiger partial charge in [0.15, 0.2) is 5.78 Å². The van der Waals surface area contributed by atoms with Crippen molar-refractivity contribution in [1.82, 2.24) is 9.55 Å². The van der Waals surface area contributed by atoms with E-state index < -0.39 is 11.6 Å². The molecule has 1 heterocycles. The first-order valence-corrected chi connectivity index (χ1v) is 4.96. The smallest absolute Gasteiger partial charge is 0.253 e. The number of carbonyl (C=O) groups excluding carboxylic acids is 1. The number of nitrogens with zero attached hydrogens (tertiary/aromatic N) is 2. The number of halogens is 1. The highest BCUT2D eigenvalue weighted by Crippen LogP contribution is 2.07. The molecule has 0 aliphatic heterocycles. The average Bonchev–Trinajstić information content (AvgIpc) is 2.32. The molecule has 86 valence electrons. The van der Waals surface area contributed by atoms with Gasteiger partial charge in [-0.05, 0) is 12.1 Å². The van der Waals surface area contributed by atoms with Gasteiger partial charge in [0.1, 0.15) is 5.82 Å². The Balaban J connectivity index is 2.27. The molecule has 2 rings (SSSR count). The molecule has 5 heteroatoms. The fraction of sp³-hybridized carbons (Fsp3) is 0.0833. The van der Waals surface area contributed by atoms with Crippen LogP contribution in [-0.4, -0.2) is 15.3 Å². The van der Waals surface area contributed by atoms with Gasteiger partial charge in [0.25, 0.3) is 5.56 Å². The van der Waals surface area contributed by atoms with Crippen LogP contribution in [0.2, 0.25) is 0 Å². The number of rotatable bonds is 3. The van der Waals surface area contributed by atoms with E-state index in [2.05, 4.69) is 4.98 Å². The van der Waals surface area contributed by atoms with E-state index in [1.54, 1.807) is 6.07 Å². The van der Waals surface area contributed by atoms with Gasteiger partial charge in [0.05, 0.1) is 18.4 Å². The van der Waals surface area contributed by atoms with Gasteiger partial charge < -0.3 is 0 Å². The molecule has 0 aliphatic rings. The molecule has 1 aromatic heterocycles. The van der Waals surface area contributed by atoms with E-state index in [4.69, 9.17) is 0 Å². The van der Waals surface area contributed by atoms with Crippen LogP contribution in [0.4, 0.5) is 4.39 Å². The largest absolute Gasteiger partial charge is 0.292 e. The predicted octanol–water partition coefficient (Wildman–Crippen LogP) is 1.27. The number of carbonyl (C=O) groups is 1. The van der Waals surface area contributed by atoms with E-state index in [0.717, 1.165) is 4.57 Å². The summed E-state index contributed by atoms with van der Waals surface area (Å²) in [6.07, 6.45) is 2.59.